The molecule has 0 aliphatic carbocycles. The number of carbonyl (C=O) groups excluding carboxylic acids is 1. The number of hydrogen-bond acceptors (Lipinski definition) is 4. The Morgan fingerprint density at radius 1 is 1.88 bits per heavy atom. The van der Waals surface area contributed by atoms with E-state index in [0.29, 0.717) is 0 Å². The summed E-state index contributed by atoms with van der Waals surface area (Å²) in [4.78, 5) is 13.1. The van der Waals surface area contributed by atoms with E-state index in [1.165, 1.54) is 12.5 Å². The van der Waals surface area contributed by atoms with Gasteiger partial charge < -0.3 is 14.3 Å². The highest BCUT2D eigenvalue weighted by Crippen LogP contribution is 1.89. The van der Waals surface area contributed by atoms with Gasteiger partial charge in [0.15, 0.2) is 0 Å². The molecule has 0 bridgehead atoms. The first-order valence-electron chi connectivity index (χ1n) is 1.91. The number of nitrogens with zero attached hydrogens (tertiary/aromatic N) is 1. The largest absolute Gasteiger partial charge is 0.540 e. The molecule has 0 N–H and O–H groups in total. The standard InChI is InChI=1S/C4H3NO3/c6-4(7)3-5-1-2-8-3/h1-2H,(H,6,7)/p-1. The first kappa shape index (κ1) is 4.83. The Labute approximate surface area is 44.8 Å². The smallest absolute Gasteiger partial charge is 0.241 e. The van der Waals surface area contributed by atoms with Crippen molar-refractivity contribution in [2.45, 2.75) is 0 Å². The van der Waals surface area contributed by atoms with Crippen molar-refractivity contribution in [3.63, 3.8) is 0 Å². The lowest BCUT2D eigenvalue weighted by Crippen LogP contribution is -2.22. The second-order valence-electron chi connectivity index (χ2n) is 1.12. The van der Waals surface area contributed by atoms with Crippen molar-refractivity contribution in [1.82, 2.24) is 4.98 Å². The monoisotopic (exact) mass is 112 g/mol. The predicted molar refractivity (Wildman–Crippen MR) is 20.8 cm³/mol. The first-order chi connectivity index (χ1) is 3.80. The summed E-state index contributed by atoms with van der Waals surface area (Å²) in [5, 5.41) is 9.79. The first-order valence-corrected chi connectivity index (χ1v) is 1.91. The molecule has 8 heavy (non-hydrogen) atoms. The Kier molecular flexibility index (Phi) is 0.997. The number of hydrogen-bond donors (Lipinski definition) is 0. The molecular formula is C4H2NO3-. The molecule has 0 unspecified atom stereocenters. The van der Waals surface area contributed by atoms with Crippen LogP contribution in [-0.2, 0) is 0 Å². The molecule has 4 heteroatoms. The molecule has 0 aliphatic heterocycles. The van der Waals surface area contributed by atoms with E-state index in [-0.39, 0.29) is 5.89 Å². The third-order valence-corrected chi connectivity index (χ3v) is 0.607. The molecule has 0 saturated carbocycles. The van der Waals surface area contributed by atoms with Gasteiger partial charge in [-0.25, -0.2) is 4.98 Å². The van der Waals surface area contributed by atoms with Crippen LogP contribution in [0.3, 0.4) is 0 Å². The molecule has 1 aromatic heterocycles. The quantitative estimate of drug-likeness (QED) is 0.469. The topological polar surface area (TPSA) is 66.2 Å². The minimum absolute atomic E-state index is 0.384. The lowest BCUT2D eigenvalue weighted by Gasteiger charge is -1.89. The average molecular weight is 112 g/mol. The van der Waals surface area contributed by atoms with Crippen molar-refractivity contribution in [2.24, 2.45) is 0 Å². The number of carboxylic acids is 1. The van der Waals surface area contributed by atoms with Crippen molar-refractivity contribution in [3.05, 3.63) is 18.4 Å². The molecule has 0 atom stereocenters. The van der Waals surface area contributed by atoms with Crippen molar-refractivity contribution in [2.75, 3.05) is 0 Å². The van der Waals surface area contributed by atoms with E-state index in [0.717, 1.165) is 0 Å². The number of carboxylic acid groups (broad SMARTS) is 1. The average Bonchev–Trinajstić information content (AvgIpc) is 2.12. The summed E-state index contributed by atoms with van der Waals surface area (Å²) in [6.45, 7) is 0. The van der Waals surface area contributed by atoms with Crippen molar-refractivity contribution in [3.8, 4) is 0 Å². The second kappa shape index (κ2) is 1.65. The van der Waals surface area contributed by atoms with Gasteiger partial charge in [-0.2, -0.15) is 0 Å². The lowest BCUT2D eigenvalue weighted by atomic mass is 10.7. The highest BCUT2D eigenvalue weighted by Gasteiger charge is 1.93. The van der Waals surface area contributed by atoms with Gasteiger partial charge in [0.2, 0.25) is 5.89 Å². The summed E-state index contributed by atoms with van der Waals surface area (Å²) in [6.07, 6.45) is 2.41. The number of oxazole rings is 1. The molecule has 0 fully saturated rings. The van der Waals surface area contributed by atoms with Crippen LogP contribution in [0.25, 0.3) is 0 Å². The van der Waals surface area contributed by atoms with E-state index in [1.807, 2.05) is 0 Å². The molecule has 1 heterocycles. The third kappa shape index (κ3) is 0.676. The maximum atomic E-state index is 9.79. The lowest BCUT2D eigenvalue weighted by molar-refractivity contribution is -0.257. The molecule has 0 spiro atoms. The molecule has 0 radical (unpaired) electrons. The minimum atomic E-state index is -1.39. The maximum Gasteiger partial charge on any atom is 0.241 e. The fourth-order valence-electron chi connectivity index (χ4n) is 0.324. The molecule has 4 nitrogen and oxygen atoms in total. The van der Waals surface area contributed by atoms with E-state index >= 15 is 0 Å². The van der Waals surface area contributed by atoms with E-state index < -0.39 is 5.97 Å². The van der Waals surface area contributed by atoms with Crippen LogP contribution in [0, 0.1) is 0 Å². The Bertz CT molecular complexity index is 179. The van der Waals surface area contributed by atoms with Gasteiger partial charge in [0.05, 0.1) is 6.20 Å². The Balaban J connectivity index is 2.93. The van der Waals surface area contributed by atoms with Gasteiger partial charge in [-0.05, 0) is 0 Å². The van der Waals surface area contributed by atoms with Crippen LogP contribution in [0.5, 0.6) is 0 Å². The second-order valence-corrected chi connectivity index (χ2v) is 1.12. The van der Waals surface area contributed by atoms with Crippen LogP contribution in [0.1, 0.15) is 10.7 Å². The summed E-state index contributed by atoms with van der Waals surface area (Å²) in [6, 6.07) is 0. The van der Waals surface area contributed by atoms with Crippen LogP contribution in [0.4, 0.5) is 0 Å². The fraction of sp³-hybridized carbons (Fsp3) is 0. The van der Waals surface area contributed by atoms with Gasteiger partial charge >= 0.3 is 0 Å². The van der Waals surface area contributed by atoms with Crippen molar-refractivity contribution >= 4 is 5.97 Å². The SMILES string of the molecule is O=C([O-])c1ncco1. The fourth-order valence-corrected chi connectivity index (χ4v) is 0.324. The van der Waals surface area contributed by atoms with Crippen LogP contribution >= 0.6 is 0 Å². The van der Waals surface area contributed by atoms with Gasteiger partial charge in [0.25, 0.3) is 0 Å². The molecule has 0 saturated heterocycles. The Hall–Kier alpha value is -1.32. The normalized spacial score (nSPS) is 9.00. The van der Waals surface area contributed by atoms with Crippen molar-refractivity contribution < 1.29 is 14.3 Å². The van der Waals surface area contributed by atoms with E-state index in [2.05, 4.69) is 9.40 Å². The summed E-state index contributed by atoms with van der Waals surface area (Å²) in [5.41, 5.74) is 0. The number of carbonyl (C=O) groups is 1. The summed E-state index contributed by atoms with van der Waals surface area (Å²) in [5.74, 6) is -1.78. The summed E-state index contributed by atoms with van der Waals surface area (Å²) < 4.78 is 4.32. The van der Waals surface area contributed by atoms with Crippen LogP contribution in [0.15, 0.2) is 16.9 Å². The highest BCUT2D eigenvalue weighted by molar-refractivity contribution is 5.79. The Morgan fingerprint density at radius 2 is 2.62 bits per heavy atom. The molecule has 42 valence electrons. The van der Waals surface area contributed by atoms with Gasteiger partial charge in [-0.15, -0.1) is 0 Å². The van der Waals surface area contributed by atoms with Gasteiger partial charge in [-0.3, -0.25) is 0 Å². The number of aromatic nitrogens is 1. The third-order valence-electron chi connectivity index (χ3n) is 0.607. The molecular weight excluding hydrogens is 110 g/mol. The van der Waals surface area contributed by atoms with E-state index in [9.17, 15) is 9.90 Å². The van der Waals surface area contributed by atoms with E-state index in [1.54, 1.807) is 0 Å². The summed E-state index contributed by atoms with van der Waals surface area (Å²) in [7, 11) is 0. The molecule has 0 aliphatic rings. The molecule has 0 aromatic carbocycles. The zero-order valence-corrected chi connectivity index (χ0v) is 3.83. The highest BCUT2D eigenvalue weighted by atomic mass is 16.4. The zero-order chi connectivity index (χ0) is 5.98. The Morgan fingerprint density at radius 3 is 2.88 bits per heavy atom. The maximum absolute atomic E-state index is 9.79. The van der Waals surface area contributed by atoms with Crippen LogP contribution < -0.4 is 5.11 Å². The van der Waals surface area contributed by atoms with Crippen molar-refractivity contribution in [1.29, 1.82) is 0 Å². The summed E-state index contributed by atoms with van der Waals surface area (Å²) >= 11 is 0. The zero-order valence-electron chi connectivity index (χ0n) is 3.83. The molecule has 0 amide bonds. The van der Waals surface area contributed by atoms with Crippen LogP contribution in [0.2, 0.25) is 0 Å². The number of aromatic carboxylic acids is 1. The van der Waals surface area contributed by atoms with E-state index in [4.69, 9.17) is 0 Å². The van der Waals surface area contributed by atoms with Gasteiger partial charge in [0, 0.05) is 0 Å². The predicted octanol–water partition coefficient (Wildman–Crippen LogP) is -0.962. The minimum Gasteiger partial charge on any atom is -0.540 e. The molecule has 1 rings (SSSR count). The van der Waals surface area contributed by atoms with Gasteiger partial charge in [-0.1, -0.05) is 0 Å². The van der Waals surface area contributed by atoms with Crippen LogP contribution in [-0.4, -0.2) is 11.0 Å². The number of rotatable bonds is 1. The van der Waals surface area contributed by atoms with Gasteiger partial charge in [0.1, 0.15) is 12.2 Å². The molecule has 1 aromatic rings.